The van der Waals surface area contributed by atoms with Gasteiger partial charge in [0.05, 0.1) is 25.1 Å². The van der Waals surface area contributed by atoms with E-state index < -0.39 is 0 Å². The average Bonchev–Trinajstić information content (AvgIpc) is 2.80. The van der Waals surface area contributed by atoms with Crippen LogP contribution in [0.2, 0.25) is 0 Å². The summed E-state index contributed by atoms with van der Waals surface area (Å²) in [5, 5.41) is 3.64. The minimum atomic E-state index is -0.198. The van der Waals surface area contributed by atoms with Crippen LogP contribution in [0.1, 0.15) is 42.0 Å². The Morgan fingerprint density at radius 1 is 0.903 bits per heavy atom. The minimum absolute atomic E-state index is 0.175. The molecule has 0 aliphatic carbocycles. The highest BCUT2D eigenvalue weighted by molar-refractivity contribution is 5.78. The number of likely N-dealkylation sites (tertiary alicyclic amines) is 1. The van der Waals surface area contributed by atoms with Gasteiger partial charge in [0.2, 0.25) is 0 Å². The first-order valence-corrected chi connectivity index (χ1v) is 11.0. The summed E-state index contributed by atoms with van der Waals surface area (Å²) in [6.45, 7) is 3.97. The molecule has 1 saturated heterocycles. The van der Waals surface area contributed by atoms with Crippen LogP contribution in [0.4, 0.5) is 5.69 Å². The van der Waals surface area contributed by atoms with E-state index in [1.165, 1.54) is 18.2 Å². The van der Waals surface area contributed by atoms with E-state index in [1.807, 2.05) is 19.1 Å². The van der Waals surface area contributed by atoms with E-state index in [0.29, 0.717) is 6.04 Å². The third-order valence-electron chi connectivity index (χ3n) is 6.08. The van der Waals surface area contributed by atoms with Gasteiger partial charge in [-0.2, -0.15) is 0 Å². The van der Waals surface area contributed by atoms with Gasteiger partial charge in [-0.15, -0.1) is 0 Å². The lowest BCUT2D eigenvalue weighted by Crippen LogP contribution is -2.55. The van der Waals surface area contributed by atoms with E-state index in [2.05, 4.69) is 83.0 Å². The van der Waals surface area contributed by atoms with Crippen LogP contribution in [0.5, 0.6) is 0 Å². The molecule has 1 fully saturated rings. The third kappa shape index (κ3) is 4.80. The quantitative estimate of drug-likeness (QED) is 0.512. The Balaban J connectivity index is 1.40. The number of rotatable bonds is 8. The van der Waals surface area contributed by atoms with Crippen molar-refractivity contribution in [2.75, 3.05) is 25.5 Å². The normalized spacial score (nSPS) is 15.3. The molecule has 1 N–H and O–H groups in total. The molecule has 3 aromatic rings. The van der Waals surface area contributed by atoms with Gasteiger partial charge >= 0.3 is 5.97 Å². The Labute approximate surface area is 184 Å². The van der Waals surface area contributed by atoms with Crippen LogP contribution in [-0.2, 0) is 9.53 Å². The number of benzene rings is 3. The zero-order valence-corrected chi connectivity index (χ0v) is 18.2. The van der Waals surface area contributed by atoms with Crippen molar-refractivity contribution in [1.82, 2.24) is 4.90 Å². The second-order valence-corrected chi connectivity index (χ2v) is 8.13. The summed E-state index contributed by atoms with van der Waals surface area (Å²) in [7, 11) is 1.45. The molecule has 0 radical (unpaired) electrons. The first-order chi connectivity index (χ1) is 15.2. The predicted molar refractivity (Wildman–Crippen MR) is 125 cm³/mol. The largest absolute Gasteiger partial charge is 0.469 e. The number of esters is 1. The smallest absolute Gasteiger partial charge is 0.313 e. The van der Waals surface area contributed by atoms with Gasteiger partial charge in [0.25, 0.3) is 0 Å². The van der Waals surface area contributed by atoms with Gasteiger partial charge < -0.3 is 10.1 Å². The lowest BCUT2D eigenvalue weighted by Gasteiger charge is -2.45. The second-order valence-electron chi connectivity index (χ2n) is 8.13. The molecule has 1 aliphatic heterocycles. The highest BCUT2D eigenvalue weighted by Gasteiger charge is 2.34. The molecule has 4 nitrogen and oxygen atoms in total. The molecule has 31 heavy (non-hydrogen) atoms. The summed E-state index contributed by atoms with van der Waals surface area (Å²) in [5.74, 6) is -0.374. The number of nitrogens with zero attached hydrogens (tertiary/aromatic N) is 1. The number of carbonyl (C=O) groups is 1. The molecule has 3 aromatic carbocycles. The van der Waals surface area contributed by atoms with Crippen molar-refractivity contribution in [3.8, 4) is 0 Å². The zero-order valence-electron chi connectivity index (χ0n) is 18.2. The molecular formula is C27H30N2O2. The molecule has 1 atom stereocenters. The van der Waals surface area contributed by atoms with E-state index in [0.717, 1.165) is 30.8 Å². The van der Waals surface area contributed by atoms with E-state index in [9.17, 15) is 4.79 Å². The van der Waals surface area contributed by atoms with Crippen LogP contribution in [0.25, 0.3) is 0 Å². The summed E-state index contributed by atoms with van der Waals surface area (Å²) in [4.78, 5) is 14.5. The monoisotopic (exact) mass is 414 g/mol. The lowest BCUT2D eigenvalue weighted by atomic mass is 9.93. The fourth-order valence-corrected chi connectivity index (χ4v) is 4.43. The number of anilines is 1. The molecule has 0 aromatic heterocycles. The first-order valence-electron chi connectivity index (χ1n) is 11.0. The number of ether oxygens (including phenoxy) is 1. The topological polar surface area (TPSA) is 41.6 Å². The Bertz CT molecular complexity index is 928. The van der Waals surface area contributed by atoms with E-state index >= 15 is 0 Å². The van der Waals surface area contributed by atoms with Crippen LogP contribution in [0, 0.1) is 0 Å². The maximum absolute atomic E-state index is 12.0. The van der Waals surface area contributed by atoms with E-state index in [-0.39, 0.29) is 17.9 Å². The number of hydrogen-bond acceptors (Lipinski definition) is 4. The molecule has 0 spiro atoms. The van der Waals surface area contributed by atoms with Crippen molar-refractivity contribution in [2.45, 2.75) is 31.3 Å². The fourth-order valence-electron chi connectivity index (χ4n) is 4.43. The molecule has 1 aliphatic rings. The van der Waals surface area contributed by atoms with Crippen molar-refractivity contribution in [2.24, 2.45) is 0 Å². The highest BCUT2D eigenvalue weighted by Crippen LogP contribution is 2.33. The van der Waals surface area contributed by atoms with Crippen LogP contribution >= 0.6 is 0 Å². The Morgan fingerprint density at radius 3 is 1.94 bits per heavy atom. The SMILES string of the molecule is CCC(C(=O)OC)c1ccc(NC2CN(C(c3ccccc3)c3ccccc3)C2)cc1. The molecule has 4 rings (SSSR count). The summed E-state index contributed by atoms with van der Waals surface area (Å²) >= 11 is 0. The van der Waals surface area contributed by atoms with E-state index in [4.69, 9.17) is 4.74 Å². The van der Waals surface area contributed by atoms with Crippen LogP contribution < -0.4 is 5.32 Å². The van der Waals surface area contributed by atoms with Crippen LogP contribution in [0.15, 0.2) is 84.9 Å². The van der Waals surface area contributed by atoms with E-state index in [1.54, 1.807) is 0 Å². The van der Waals surface area contributed by atoms with Gasteiger partial charge in [0.1, 0.15) is 0 Å². The molecule has 0 saturated carbocycles. The number of nitrogens with one attached hydrogen (secondary N) is 1. The minimum Gasteiger partial charge on any atom is -0.469 e. The second kappa shape index (κ2) is 9.80. The summed E-state index contributed by atoms with van der Waals surface area (Å²) in [6.07, 6.45) is 0.734. The van der Waals surface area contributed by atoms with Gasteiger partial charge in [0.15, 0.2) is 0 Å². The molecular weight excluding hydrogens is 384 g/mol. The van der Waals surface area contributed by atoms with Crippen LogP contribution in [0.3, 0.4) is 0 Å². The molecule has 4 heteroatoms. The van der Waals surface area contributed by atoms with Crippen molar-refractivity contribution >= 4 is 11.7 Å². The number of methoxy groups -OCH3 is 1. The van der Waals surface area contributed by atoms with Crippen molar-refractivity contribution in [1.29, 1.82) is 0 Å². The predicted octanol–water partition coefficient (Wildman–Crippen LogP) is 5.24. The van der Waals surface area contributed by atoms with Crippen molar-refractivity contribution in [3.05, 3.63) is 102 Å². The van der Waals surface area contributed by atoms with Gasteiger partial charge in [-0.3, -0.25) is 9.69 Å². The zero-order chi connectivity index (χ0) is 21.6. The number of hydrogen-bond donors (Lipinski definition) is 1. The Morgan fingerprint density at radius 2 is 1.45 bits per heavy atom. The van der Waals surface area contributed by atoms with Gasteiger partial charge in [-0.05, 0) is 35.2 Å². The maximum atomic E-state index is 12.0. The molecule has 1 heterocycles. The van der Waals surface area contributed by atoms with Gasteiger partial charge in [-0.25, -0.2) is 0 Å². The van der Waals surface area contributed by atoms with Crippen LogP contribution in [-0.4, -0.2) is 37.1 Å². The first kappa shape index (κ1) is 21.1. The van der Waals surface area contributed by atoms with Crippen molar-refractivity contribution < 1.29 is 9.53 Å². The average molecular weight is 415 g/mol. The lowest BCUT2D eigenvalue weighted by molar-refractivity contribution is -0.142. The summed E-state index contributed by atoms with van der Waals surface area (Å²) < 4.78 is 4.93. The third-order valence-corrected chi connectivity index (χ3v) is 6.08. The fraction of sp³-hybridized carbons (Fsp3) is 0.296. The highest BCUT2D eigenvalue weighted by atomic mass is 16.5. The van der Waals surface area contributed by atoms with Gasteiger partial charge in [0, 0.05) is 18.8 Å². The maximum Gasteiger partial charge on any atom is 0.313 e. The molecule has 0 bridgehead atoms. The standard InChI is InChI=1S/C27H30N2O2/c1-3-25(27(30)31-2)20-14-16-23(17-15-20)28-24-18-29(19-24)26(21-10-6-4-7-11-21)22-12-8-5-9-13-22/h4-17,24-26,28H,3,18-19H2,1-2H3. The molecule has 1 unspecified atom stereocenters. The Hall–Kier alpha value is -3.11. The Kier molecular flexibility index (Phi) is 6.68. The summed E-state index contributed by atoms with van der Waals surface area (Å²) in [5.41, 5.74) is 4.74. The van der Waals surface area contributed by atoms with Gasteiger partial charge in [-0.1, -0.05) is 79.7 Å². The molecule has 0 amide bonds. The molecule has 160 valence electrons. The summed E-state index contributed by atoms with van der Waals surface area (Å²) in [6, 6.07) is 30.3. The van der Waals surface area contributed by atoms with Crippen molar-refractivity contribution in [3.63, 3.8) is 0 Å². The number of carbonyl (C=O) groups excluding carboxylic acids is 1.